The molecule has 3 nitrogen and oxygen atoms in total. The van der Waals surface area contributed by atoms with Crippen molar-refractivity contribution in [3.8, 4) is 0 Å². The Morgan fingerprint density at radius 2 is 0.312 bits per heavy atom. The second-order valence-electron chi connectivity index (χ2n) is 0.346. The maximum absolute atomic E-state index is 7.17. The van der Waals surface area contributed by atoms with Crippen LogP contribution in [0.1, 0.15) is 0 Å². The summed E-state index contributed by atoms with van der Waals surface area (Å²) in [6.07, 6.45) is 0. The molecule has 0 atom stereocenters. The third kappa shape index (κ3) is 113. The fraction of sp³-hybridized carbons (Fsp3) is 0. The number of hydrogen-bond donors (Lipinski definition) is 3. The Balaban J connectivity index is -0.000000000682. The molecule has 0 aliphatic heterocycles. The summed E-state index contributed by atoms with van der Waals surface area (Å²) in [5, 5.41) is 21.5. The summed E-state index contributed by atoms with van der Waals surface area (Å²) in [7, 11) is -2.17. The molecule has 0 saturated heterocycles. The van der Waals surface area contributed by atoms with Gasteiger partial charge in [0.05, 0.1) is 0 Å². The SMILES string of the molecule is OB(O)O.[NaH].[NaH].[NaH].[NaH].[NaH].[NaH].[NaH].[NaH].[NaH].[NaH].[NaH].[NaH]. The van der Waals surface area contributed by atoms with Crippen LogP contribution in [0, 0.1) is 0 Å². The van der Waals surface area contributed by atoms with Crippen LogP contribution in [0.15, 0.2) is 0 Å². The van der Waals surface area contributed by atoms with Crippen molar-refractivity contribution in [2.45, 2.75) is 0 Å². The molecule has 0 aromatic heterocycles. The third-order valence-electron chi connectivity index (χ3n) is 0. The minimum absolute atomic E-state index is 0. The van der Waals surface area contributed by atoms with Crippen LogP contribution in [-0.2, 0) is 0 Å². The molecule has 0 heterocycles. The van der Waals surface area contributed by atoms with Gasteiger partial charge in [0, 0.05) is 0 Å². The van der Waals surface area contributed by atoms with Crippen molar-refractivity contribution in [1.82, 2.24) is 0 Å². The second-order valence-corrected chi connectivity index (χ2v) is 0.346. The van der Waals surface area contributed by atoms with Crippen molar-refractivity contribution < 1.29 is 15.1 Å². The Bertz CT molecular complexity index is 21.0. The Kier molecular flexibility index (Phi) is 461. The normalized spacial score (nSPS) is 1.69. The van der Waals surface area contributed by atoms with Crippen molar-refractivity contribution >= 4 is 362 Å². The van der Waals surface area contributed by atoms with Crippen molar-refractivity contribution in [3.05, 3.63) is 0 Å². The summed E-state index contributed by atoms with van der Waals surface area (Å²) in [4.78, 5) is 0. The Morgan fingerprint density at radius 3 is 0.312 bits per heavy atom. The van der Waals surface area contributed by atoms with Gasteiger partial charge in [0.15, 0.2) is 0 Å². The summed E-state index contributed by atoms with van der Waals surface area (Å²) >= 11 is 0. The minimum atomic E-state index is -2.17. The molecule has 0 spiro atoms. The van der Waals surface area contributed by atoms with Crippen LogP contribution in [0.3, 0.4) is 0 Å². The predicted molar refractivity (Wildman–Crippen MR) is 98.2 cm³/mol. The molecule has 0 fully saturated rings. The molecule has 0 aromatic carbocycles. The third-order valence-corrected chi connectivity index (χ3v) is 0. The molecular weight excluding hydrogens is 335 g/mol. The molecule has 0 bridgehead atoms. The van der Waals surface area contributed by atoms with Crippen LogP contribution >= 0.6 is 0 Å². The topological polar surface area (TPSA) is 60.7 Å². The van der Waals surface area contributed by atoms with E-state index in [1.54, 1.807) is 0 Å². The first-order valence-electron chi connectivity index (χ1n) is 0.775. The zero-order valence-corrected chi connectivity index (χ0v) is 1.92. The summed E-state index contributed by atoms with van der Waals surface area (Å²) < 4.78 is 0. The van der Waals surface area contributed by atoms with E-state index >= 15 is 0 Å². The number of rotatable bonds is 0. The molecule has 0 unspecified atom stereocenters. The van der Waals surface area contributed by atoms with Crippen molar-refractivity contribution in [3.63, 3.8) is 0 Å². The number of hydrogen-bond acceptors (Lipinski definition) is 3. The summed E-state index contributed by atoms with van der Waals surface area (Å²) in [5.41, 5.74) is 0. The molecule has 0 radical (unpaired) electrons. The van der Waals surface area contributed by atoms with E-state index in [1.807, 2.05) is 0 Å². The first kappa shape index (κ1) is 90.8. The van der Waals surface area contributed by atoms with E-state index in [4.69, 9.17) is 15.1 Å². The molecule has 48 valence electrons. The van der Waals surface area contributed by atoms with E-state index in [9.17, 15) is 0 Å². The van der Waals surface area contributed by atoms with Gasteiger partial charge in [0.1, 0.15) is 0 Å². The van der Waals surface area contributed by atoms with Gasteiger partial charge in [0.2, 0.25) is 0 Å². The molecule has 16 heteroatoms. The van der Waals surface area contributed by atoms with Gasteiger partial charge in [0.25, 0.3) is 0 Å². The molecule has 3 N–H and O–H groups in total. The summed E-state index contributed by atoms with van der Waals surface area (Å²) in [5.74, 6) is 0. The summed E-state index contributed by atoms with van der Waals surface area (Å²) in [6, 6.07) is 0. The van der Waals surface area contributed by atoms with Crippen LogP contribution in [0.25, 0.3) is 0 Å². The van der Waals surface area contributed by atoms with Gasteiger partial charge in [-0.25, -0.2) is 0 Å². The zero-order chi connectivity index (χ0) is 3.58. The van der Waals surface area contributed by atoms with Gasteiger partial charge in [-0.3, -0.25) is 0 Å². The van der Waals surface area contributed by atoms with E-state index in [-0.39, 0.29) is 355 Å². The average molecular weight is 350 g/mol. The molecule has 16 heavy (non-hydrogen) atoms. The Hall–Kier alpha value is 11.9. The predicted octanol–water partition coefficient (Wildman–Crippen LogP) is -9.83. The summed E-state index contributed by atoms with van der Waals surface area (Å²) in [6.45, 7) is 0. The van der Waals surface area contributed by atoms with Crippen LogP contribution < -0.4 is 0 Å². The van der Waals surface area contributed by atoms with E-state index in [1.165, 1.54) is 0 Å². The molecule has 0 aromatic rings. The van der Waals surface area contributed by atoms with Crippen LogP contribution in [0.4, 0.5) is 0 Å². The van der Waals surface area contributed by atoms with Gasteiger partial charge in [-0.1, -0.05) is 0 Å². The average Bonchev–Trinajstić information content (AvgIpc) is 0.811. The van der Waals surface area contributed by atoms with Gasteiger partial charge >= 0.3 is 362 Å². The molecule has 0 aliphatic rings. The molecular formula is H15BNa12O3. The van der Waals surface area contributed by atoms with E-state index < -0.39 is 7.32 Å². The fourth-order valence-electron chi connectivity index (χ4n) is 0. The van der Waals surface area contributed by atoms with Gasteiger partial charge in [-0.15, -0.1) is 0 Å². The zero-order valence-electron chi connectivity index (χ0n) is 1.92. The molecule has 0 rings (SSSR count). The molecule has 0 amide bonds. The van der Waals surface area contributed by atoms with Crippen molar-refractivity contribution in [2.24, 2.45) is 0 Å². The monoisotopic (exact) mass is 350 g/mol. The van der Waals surface area contributed by atoms with Crippen molar-refractivity contribution in [1.29, 1.82) is 0 Å². The van der Waals surface area contributed by atoms with E-state index in [0.717, 1.165) is 0 Å². The molecule has 0 aliphatic carbocycles. The van der Waals surface area contributed by atoms with Crippen LogP contribution in [0.2, 0.25) is 0 Å². The standard InChI is InChI=1S/BH3O3.12Na.12H/c2-1(3)4;;;;;;;;;;;;;;;;;;;;;;;;/h2-4H;;;;;;;;;;;;;;;;;;;;;;;;. The van der Waals surface area contributed by atoms with E-state index in [2.05, 4.69) is 0 Å². The van der Waals surface area contributed by atoms with Crippen LogP contribution in [-0.4, -0.2) is 377 Å². The van der Waals surface area contributed by atoms with Crippen molar-refractivity contribution in [2.75, 3.05) is 0 Å². The Morgan fingerprint density at radius 1 is 0.312 bits per heavy atom. The fourth-order valence-corrected chi connectivity index (χ4v) is 0. The van der Waals surface area contributed by atoms with E-state index in [0.29, 0.717) is 0 Å². The Labute approximate surface area is 365 Å². The second kappa shape index (κ2) is 81.2. The molecule has 0 saturated carbocycles. The van der Waals surface area contributed by atoms with Gasteiger partial charge < -0.3 is 15.1 Å². The quantitative estimate of drug-likeness (QED) is 0.381. The first-order valence-corrected chi connectivity index (χ1v) is 0.775. The first-order chi connectivity index (χ1) is 1.73. The maximum atomic E-state index is 7.17. The van der Waals surface area contributed by atoms with Crippen LogP contribution in [0.5, 0.6) is 0 Å². The van der Waals surface area contributed by atoms with Gasteiger partial charge in [-0.05, 0) is 0 Å². The van der Waals surface area contributed by atoms with Gasteiger partial charge in [-0.2, -0.15) is 0 Å².